The van der Waals surface area contributed by atoms with Gasteiger partial charge in [0.1, 0.15) is 23.8 Å². The molecule has 0 radical (unpaired) electrons. The van der Waals surface area contributed by atoms with E-state index in [1.54, 1.807) is 34.6 Å². The second kappa shape index (κ2) is 16.3. The fraction of sp³-hybridized carbons (Fsp3) is 0.630. The van der Waals surface area contributed by atoms with Gasteiger partial charge in [-0.1, -0.05) is 48.5 Å². The van der Waals surface area contributed by atoms with Crippen molar-refractivity contribution in [3.05, 3.63) is 24.3 Å². The second-order valence-corrected chi connectivity index (χ2v) is 10.5. The van der Waals surface area contributed by atoms with E-state index in [-0.39, 0.29) is 36.3 Å². The molecule has 13 heteroatoms. The van der Waals surface area contributed by atoms with Gasteiger partial charge in [-0.25, -0.2) is 9.78 Å². The molecule has 0 fully saturated rings. The van der Waals surface area contributed by atoms with Crippen LogP contribution in [0, 0.1) is 17.8 Å². The van der Waals surface area contributed by atoms with E-state index < -0.39 is 59.5 Å². The summed E-state index contributed by atoms with van der Waals surface area (Å²) in [5.74, 6) is -5.12. The number of aromatic nitrogens is 2. The molecule has 0 aliphatic carbocycles. The molecule has 1 aromatic heterocycles. The quantitative estimate of drug-likeness (QED) is 0.175. The summed E-state index contributed by atoms with van der Waals surface area (Å²) in [6.45, 7) is 12.3. The van der Waals surface area contributed by atoms with Crippen molar-refractivity contribution >= 4 is 35.4 Å². The third-order valence-electron chi connectivity index (χ3n) is 6.05. The Labute approximate surface area is 235 Å². The zero-order valence-corrected chi connectivity index (χ0v) is 24.4. The van der Waals surface area contributed by atoms with Crippen molar-refractivity contribution in [1.82, 2.24) is 31.2 Å². The molecule has 0 bridgehead atoms. The number of hydrogen-bond donors (Lipinski definition) is 4. The van der Waals surface area contributed by atoms with Gasteiger partial charge >= 0.3 is 5.97 Å². The van der Waals surface area contributed by atoms with E-state index in [0.717, 1.165) is 7.11 Å². The maximum Gasteiger partial charge on any atom is 0.376 e. The Morgan fingerprint density at radius 1 is 0.775 bits per heavy atom. The molecule has 222 valence electrons. The maximum absolute atomic E-state index is 13.3. The highest BCUT2D eigenvalue weighted by atomic mass is 16.5. The Hall–Kier alpha value is -3.90. The molecular weight excluding hydrogens is 520 g/mol. The van der Waals surface area contributed by atoms with Gasteiger partial charge in [0.15, 0.2) is 0 Å². The van der Waals surface area contributed by atoms with E-state index in [0.29, 0.717) is 0 Å². The van der Waals surface area contributed by atoms with Crippen molar-refractivity contribution in [3.8, 4) is 0 Å². The third-order valence-corrected chi connectivity index (χ3v) is 6.05. The zero-order valence-electron chi connectivity index (χ0n) is 24.4. The van der Waals surface area contributed by atoms with Crippen molar-refractivity contribution in [1.29, 1.82) is 0 Å². The summed E-state index contributed by atoms with van der Waals surface area (Å²) in [6, 6.07) is -4.17. The van der Waals surface area contributed by atoms with Crippen molar-refractivity contribution < 1.29 is 33.5 Å². The van der Waals surface area contributed by atoms with Gasteiger partial charge in [-0.05, 0) is 30.6 Å². The van der Waals surface area contributed by atoms with Crippen molar-refractivity contribution in [2.24, 2.45) is 17.8 Å². The summed E-state index contributed by atoms with van der Waals surface area (Å²) in [5.41, 5.74) is 0.0395. The summed E-state index contributed by atoms with van der Waals surface area (Å²) in [4.78, 5) is 84.0. The van der Waals surface area contributed by atoms with Crippen LogP contribution in [0.5, 0.6) is 0 Å². The number of methoxy groups -OCH3 is 1. The van der Waals surface area contributed by atoms with Crippen LogP contribution in [0.3, 0.4) is 0 Å². The number of Topliss-reactive ketones (excluding diaryl/α,β-unsaturated/α-hetero) is 1. The van der Waals surface area contributed by atoms with E-state index in [9.17, 15) is 28.8 Å². The van der Waals surface area contributed by atoms with E-state index in [1.165, 1.54) is 18.6 Å². The lowest BCUT2D eigenvalue weighted by Gasteiger charge is -2.29. The van der Waals surface area contributed by atoms with Gasteiger partial charge in [0.05, 0.1) is 19.3 Å². The molecule has 4 N–H and O–H groups in total. The second-order valence-electron chi connectivity index (χ2n) is 10.5. The van der Waals surface area contributed by atoms with E-state index >= 15 is 0 Å². The normalized spacial score (nSPS) is 14.1. The van der Waals surface area contributed by atoms with Crippen molar-refractivity contribution in [3.63, 3.8) is 0 Å². The van der Waals surface area contributed by atoms with Crippen LogP contribution in [0.4, 0.5) is 0 Å². The summed E-state index contributed by atoms with van der Waals surface area (Å²) in [5, 5.41) is 10.5. The monoisotopic (exact) mass is 562 g/mol. The fourth-order valence-corrected chi connectivity index (χ4v) is 3.78. The first-order chi connectivity index (χ1) is 18.7. The molecule has 4 atom stereocenters. The van der Waals surface area contributed by atoms with Crippen LogP contribution in [0.2, 0.25) is 0 Å². The lowest BCUT2D eigenvalue weighted by atomic mass is 9.98. The number of carbonyl (C=O) groups is 6. The van der Waals surface area contributed by atoms with E-state index in [1.807, 2.05) is 13.8 Å². The summed E-state index contributed by atoms with van der Waals surface area (Å²) < 4.78 is 4.46. The van der Waals surface area contributed by atoms with Crippen molar-refractivity contribution in [2.45, 2.75) is 85.5 Å². The Morgan fingerprint density at radius 2 is 1.32 bits per heavy atom. The predicted molar refractivity (Wildman–Crippen MR) is 146 cm³/mol. The van der Waals surface area contributed by atoms with Crippen LogP contribution in [-0.2, 0) is 28.7 Å². The minimum atomic E-state index is -1.11. The number of nitrogens with one attached hydrogen (secondary N) is 4. The Balaban J connectivity index is 3.06. The van der Waals surface area contributed by atoms with Gasteiger partial charge in [0, 0.05) is 12.4 Å². The summed E-state index contributed by atoms with van der Waals surface area (Å²) in [6.07, 6.45) is 4.43. The molecule has 0 aromatic carbocycles. The highest BCUT2D eigenvalue weighted by molar-refractivity contribution is 6.36. The molecule has 13 nitrogen and oxygen atoms in total. The molecule has 1 rings (SSSR count). The molecule has 0 saturated carbocycles. The van der Waals surface area contributed by atoms with Gasteiger partial charge in [0.2, 0.25) is 17.7 Å². The number of esters is 1. The first-order valence-corrected chi connectivity index (χ1v) is 13.3. The minimum Gasteiger partial charge on any atom is -0.463 e. The van der Waals surface area contributed by atoms with Crippen LogP contribution in [-0.4, -0.2) is 76.6 Å². The van der Waals surface area contributed by atoms with Crippen LogP contribution in [0.15, 0.2) is 18.6 Å². The van der Waals surface area contributed by atoms with E-state index in [2.05, 4.69) is 36.0 Å². The Morgan fingerprint density at radius 3 is 1.80 bits per heavy atom. The van der Waals surface area contributed by atoms with Crippen molar-refractivity contribution in [2.75, 3.05) is 7.11 Å². The van der Waals surface area contributed by atoms with Gasteiger partial charge < -0.3 is 26.0 Å². The topological polar surface area (TPSA) is 186 Å². The molecule has 0 aliphatic heterocycles. The SMILES string of the molecule is CC[C@H](NC(=O)[C@H](CC(C)C)NC(=O)[C@@H](NC(=O)[C@@H](NC(=O)c1cnccn1)C(C)C)C(C)C)C(=O)C(=O)OC. The van der Waals surface area contributed by atoms with E-state index in [4.69, 9.17) is 0 Å². The highest BCUT2D eigenvalue weighted by Crippen LogP contribution is 2.11. The molecule has 0 unspecified atom stereocenters. The van der Waals surface area contributed by atoms with Crippen LogP contribution >= 0.6 is 0 Å². The Kier molecular flexibility index (Phi) is 13.9. The first-order valence-electron chi connectivity index (χ1n) is 13.3. The maximum atomic E-state index is 13.3. The zero-order chi connectivity index (χ0) is 30.6. The lowest BCUT2D eigenvalue weighted by Crippen LogP contribution is -2.60. The minimum absolute atomic E-state index is 0.0128. The average Bonchev–Trinajstić information content (AvgIpc) is 2.91. The smallest absolute Gasteiger partial charge is 0.376 e. The van der Waals surface area contributed by atoms with Crippen LogP contribution in [0.25, 0.3) is 0 Å². The molecule has 0 saturated heterocycles. The number of ketones is 1. The first kappa shape index (κ1) is 34.1. The fourth-order valence-electron chi connectivity index (χ4n) is 3.78. The summed E-state index contributed by atoms with van der Waals surface area (Å²) >= 11 is 0. The number of hydrogen-bond acceptors (Lipinski definition) is 9. The lowest BCUT2D eigenvalue weighted by molar-refractivity contribution is -0.153. The molecule has 0 aliphatic rings. The predicted octanol–water partition coefficient (Wildman–Crippen LogP) is 0.540. The molecular formula is C27H42N6O7. The largest absolute Gasteiger partial charge is 0.463 e. The molecule has 40 heavy (non-hydrogen) atoms. The van der Waals surface area contributed by atoms with Gasteiger partial charge in [-0.3, -0.25) is 29.0 Å². The van der Waals surface area contributed by atoms with Gasteiger partial charge in [-0.2, -0.15) is 0 Å². The average molecular weight is 563 g/mol. The molecule has 1 heterocycles. The van der Waals surface area contributed by atoms with Gasteiger partial charge in [0.25, 0.3) is 11.7 Å². The number of rotatable bonds is 15. The van der Waals surface area contributed by atoms with Crippen LogP contribution < -0.4 is 21.3 Å². The van der Waals surface area contributed by atoms with Gasteiger partial charge in [-0.15, -0.1) is 0 Å². The standard InChI is InChI=1S/C27H42N6O7/c1-9-17(22(34)27(39)40-8)30-23(35)18(12-14(2)3)31-25(37)20(15(4)5)33-26(38)21(16(6)7)32-24(36)19-13-28-10-11-29-19/h10-11,13-18,20-21H,9,12H2,1-8H3,(H,30,35)(H,31,37)(H,32,36)(H,33,38)/t17-,18-,20-,21-/m0/s1. The summed E-state index contributed by atoms with van der Waals surface area (Å²) in [7, 11) is 1.07. The number of nitrogens with zero attached hydrogens (tertiary/aromatic N) is 2. The number of amides is 4. The number of carbonyl (C=O) groups excluding carboxylic acids is 6. The number of ether oxygens (including phenoxy) is 1. The molecule has 1 aromatic rings. The molecule has 4 amide bonds. The Bertz CT molecular complexity index is 1050. The highest BCUT2D eigenvalue weighted by Gasteiger charge is 2.34. The molecule has 0 spiro atoms. The third kappa shape index (κ3) is 10.3. The van der Waals surface area contributed by atoms with Crippen LogP contribution in [0.1, 0.15) is 71.8 Å².